The molecule has 9 nitrogen and oxygen atoms in total. The van der Waals surface area contributed by atoms with Crippen LogP contribution in [0, 0.1) is 0 Å². The smallest absolute Gasteiger partial charge is 0.292 e. The van der Waals surface area contributed by atoms with E-state index in [0.717, 1.165) is 25.7 Å². The lowest BCUT2D eigenvalue weighted by atomic mass is 10.2. The predicted octanol–water partition coefficient (Wildman–Crippen LogP) is 0.856. The van der Waals surface area contributed by atoms with E-state index in [0.29, 0.717) is 18.1 Å². The van der Waals surface area contributed by atoms with Gasteiger partial charge in [0.1, 0.15) is 12.3 Å². The van der Waals surface area contributed by atoms with Crippen molar-refractivity contribution in [1.82, 2.24) is 25.5 Å². The fourth-order valence-electron chi connectivity index (χ4n) is 2.85. The largest absolute Gasteiger partial charge is 0.364 e. The van der Waals surface area contributed by atoms with Gasteiger partial charge in [-0.15, -0.1) is 0 Å². The lowest BCUT2D eigenvalue weighted by molar-refractivity contribution is -0.131. The minimum Gasteiger partial charge on any atom is -0.364 e. The van der Waals surface area contributed by atoms with Crippen molar-refractivity contribution in [2.24, 2.45) is 0 Å². The molecule has 1 unspecified atom stereocenters. The Labute approximate surface area is 137 Å². The van der Waals surface area contributed by atoms with E-state index >= 15 is 0 Å². The Morgan fingerprint density at radius 3 is 2.92 bits per heavy atom. The fourth-order valence-corrected chi connectivity index (χ4v) is 2.85. The minimum atomic E-state index is -0.328. The fraction of sp³-hybridized carbons (Fsp3) is 0.533. The Kier molecular flexibility index (Phi) is 3.75. The number of nitrogens with zero attached hydrogens (tertiary/aromatic N) is 4. The Bertz CT molecular complexity index is 737. The number of aromatic nitrogens is 3. The third-order valence-electron chi connectivity index (χ3n) is 4.24. The zero-order chi connectivity index (χ0) is 16.5. The first-order valence-electron chi connectivity index (χ1n) is 8.04. The summed E-state index contributed by atoms with van der Waals surface area (Å²) in [5, 5.41) is 10.3. The van der Waals surface area contributed by atoms with E-state index in [4.69, 9.17) is 9.05 Å². The van der Waals surface area contributed by atoms with Gasteiger partial charge < -0.3 is 19.3 Å². The Balaban J connectivity index is 1.45. The third kappa shape index (κ3) is 3.01. The summed E-state index contributed by atoms with van der Waals surface area (Å²) in [4.78, 5) is 30.3. The van der Waals surface area contributed by atoms with Crippen molar-refractivity contribution in [3.8, 4) is 0 Å². The molecule has 1 saturated carbocycles. The second kappa shape index (κ2) is 6.06. The highest BCUT2D eigenvalue weighted by atomic mass is 16.5. The molecule has 3 heterocycles. The van der Waals surface area contributed by atoms with Crippen LogP contribution in [0.1, 0.15) is 53.9 Å². The molecule has 0 spiro atoms. The maximum atomic E-state index is 12.5. The van der Waals surface area contributed by atoms with Crippen LogP contribution >= 0.6 is 0 Å². The molecule has 24 heavy (non-hydrogen) atoms. The molecule has 9 heteroatoms. The number of nitrogens with one attached hydrogen (secondary N) is 1. The van der Waals surface area contributed by atoms with E-state index in [-0.39, 0.29) is 36.1 Å². The van der Waals surface area contributed by atoms with Gasteiger partial charge in [0.15, 0.2) is 0 Å². The molecule has 0 radical (unpaired) electrons. The van der Waals surface area contributed by atoms with E-state index < -0.39 is 0 Å². The van der Waals surface area contributed by atoms with Gasteiger partial charge in [-0.1, -0.05) is 10.3 Å². The topological polar surface area (TPSA) is 114 Å². The van der Waals surface area contributed by atoms with Crippen LogP contribution in [0.5, 0.6) is 0 Å². The van der Waals surface area contributed by atoms with Crippen LogP contribution in [-0.2, 0) is 11.2 Å². The molecule has 2 fully saturated rings. The standard InChI is InChI=1S/C15H17N5O4/c21-12(8-10-5-7-23-18-10)20-6-1-2-11(20)15-17-13(19-24-15)14(22)16-9-3-4-9/h5,7,9,11H,1-4,6,8H2,(H,16,22). The molecular weight excluding hydrogens is 314 g/mol. The summed E-state index contributed by atoms with van der Waals surface area (Å²) >= 11 is 0. The van der Waals surface area contributed by atoms with E-state index in [1.54, 1.807) is 11.0 Å². The lowest BCUT2D eigenvalue weighted by Crippen LogP contribution is -2.32. The second-order valence-corrected chi connectivity index (χ2v) is 6.12. The highest BCUT2D eigenvalue weighted by molar-refractivity contribution is 5.90. The van der Waals surface area contributed by atoms with Crippen molar-refractivity contribution in [3.05, 3.63) is 29.7 Å². The Hall–Kier alpha value is -2.71. The van der Waals surface area contributed by atoms with Crippen LogP contribution in [0.15, 0.2) is 21.4 Å². The number of carbonyl (C=O) groups excluding carboxylic acids is 2. The van der Waals surface area contributed by atoms with Crippen LogP contribution in [0.2, 0.25) is 0 Å². The van der Waals surface area contributed by atoms with Gasteiger partial charge in [0, 0.05) is 18.7 Å². The van der Waals surface area contributed by atoms with Crippen molar-refractivity contribution in [3.63, 3.8) is 0 Å². The molecule has 2 aromatic rings. The number of rotatable bonds is 5. The average Bonchev–Trinajstić information content (AvgIpc) is 3.06. The van der Waals surface area contributed by atoms with Gasteiger partial charge in [-0.2, -0.15) is 4.98 Å². The van der Waals surface area contributed by atoms with Gasteiger partial charge in [-0.25, -0.2) is 0 Å². The molecule has 2 aromatic heterocycles. The van der Waals surface area contributed by atoms with Crippen molar-refractivity contribution in [2.45, 2.75) is 44.2 Å². The first-order valence-corrected chi connectivity index (χ1v) is 8.04. The zero-order valence-electron chi connectivity index (χ0n) is 13.0. The maximum Gasteiger partial charge on any atom is 0.292 e. The number of hydrogen-bond donors (Lipinski definition) is 1. The summed E-state index contributed by atoms with van der Waals surface area (Å²) < 4.78 is 9.99. The van der Waals surface area contributed by atoms with Gasteiger partial charge in [0.05, 0.1) is 12.1 Å². The molecule has 0 aromatic carbocycles. The summed E-state index contributed by atoms with van der Waals surface area (Å²) in [5.41, 5.74) is 0.584. The molecule has 126 valence electrons. The van der Waals surface area contributed by atoms with Crippen LogP contribution in [0.25, 0.3) is 0 Å². The first-order chi connectivity index (χ1) is 11.7. The molecule has 1 saturated heterocycles. The second-order valence-electron chi connectivity index (χ2n) is 6.12. The van der Waals surface area contributed by atoms with Crippen molar-refractivity contribution >= 4 is 11.8 Å². The molecule has 2 amide bonds. The van der Waals surface area contributed by atoms with E-state index in [2.05, 4.69) is 20.6 Å². The maximum absolute atomic E-state index is 12.5. The summed E-state index contributed by atoms with van der Waals surface area (Å²) in [6.45, 7) is 0.618. The Morgan fingerprint density at radius 1 is 1.29 bits per heavy atom. The number of likely N-dealkylation sites (tertiary alicyclic amines) is 1. The molecule has 0 bridgehead atoms. The van der Waals surface area contributed by atoms with Gasteiger partial charge in [-0.3, -0.25) is 9.59 Å². The summed E-state index contributed by atoms with van der Waals surface area (Å²) in [6, 6.07) is 1.60. The SMILES string of the molecule is O=C(NC1CC1)c1noc(C2CCCN2C(=O)Cc2ccon2)n1. The molecular formula is C15H17N5O4. The molecule has 1 aliphatic heterocycles. The molecule has 1 N–H and O–H groups in total. The van der Waals surface area contributed by atoms with Gasteiger partial charge >= 0.3 is 0 Å². The average molecular weight is 331 g/mol. The summed E-state index contributed by atoms with van der Waals surface area (Å²) in [7, 11) is 0. The lowest BCUT2D eigenvalue weighted by Gasteiger charge is -2.21. The van der Waals surface area contributed by atoms with Crippen LogP contribution in [-0.4, -0.2) is 44.6 Å². The third-order valence-corrected chi connectivity index (χ3v) is 4.24. The van der Waals surface area contributed by atoms with Crippen LogP contribution in [0.3, 0.4) is 0 Å². The minimum absolute atomic E-state index is 0.0210. The molecule has 4 rings (SSSR count). The summed E-state index contributed by atoms with van der Waals surface area (Å²) in [6.07, 6.45) is 5.16. The highest BCUT2D eigenvalue weighted by Gasteiger charge is 2.35. The first kappa shape index (κ1) is 14.9. The van der Waals surface area contributed by atoms with Gasteiger partial charge in [0.2, 0.25) is 11.8 Å². The normalized spacial score (nSPS) is 20.3. The van der Waals surface area contributed by atoms with Gasteiger partial charge in [-0.05, 0) is 25.7 Å². The van der Waals surface area contributed by atoms with Gasteiger partial charge in [0.25, 0.3) is 11.7 Å². The monoisotopic (exact) mass is 331 g/mol. The van der Waals surface area contributed by atoms with Crippen LogP contribution < -0.4 is 5.32 Å². The molecule has 1 aliphatic carbocycles. The van der Waals surface area contributed by atoms with E-state index in [1.807, 2.05) is 0 Å². The molecule has 2 aliphatic rings. The van der Waals surface area contributed by atoms with Crippen molar-refractivity contribution in [2.75, 3.05) is 6.54 Å². The van der Waals surface area contributed by atoms with E-state index in [9.17, 15) is 9.59 Å². The summed E-state index contributed by atoms with van der Waals surface area (Å²) in [5.74, 6) is -0.0748. The quantitative estimate of drug-likeness (QED) is 0.864. The van der Waals surface area contributed by atoms with E-state index in [1.165, 1.54) is 6.26 Å². The van der Waals surface area contributed by atoms with Crippen LogP contribution in [0.4, 0.5) is 0 Å². The predicted molar refractivity (Wildman–Crippen MR) is 78.7 cm³/mol. The molecule has 1 atom stereocenters. The van der Waals surface area contributed by atoms with Crippen molar-refractivity contribution in [1.29, 1.82) is 0 Å². The number of amides is 2. The number of carbonyl (C=O) groups is 2. The zero-order valence-corrected chi connectivity index (χ0v) is 13.0. The Morgan fingerprint density at radius 2 is 2.17 bits per heavy atom. The highest BCUT2D eigenvalue weighted by Crippen LogP contribution is 2.31. The van der Waals surface area contributed by atoms with Crippen molar-refractivity contribution < 1.29 is 18.6 Å². The number of hydrogen-bond acceptors (Lipinski definition) is 7.